The summed E-state index contributed by atoms with van der Waals surface area (Å²) in [5.41, 5.74) is 1.41. The van der Waals surface area contributed by atoms with E-state index in [9.17, 15) is 4.79 Å². The summed E-state index contributed by atoms with van der Waals surface area (Å²) in [5.74, 6) is 0. The average Bonchev–Trinajstić information content (AvgIpc) is 2.52. The Kier molecular flexibility index (Phi) is 4.32. The molecule has 1 nitrogen and oxygen atoms in total. The van der Waals surface area contributed by atoms with Crippen LogP contribution in [-0.2, 0) is 22.2 Å². The van der Waals surface area contributed by atoms with Crippen molar-refractivity contribution in [2.24, 2.45) is 0 Å². The van der Waals surface area contributed by atoms with Crippen LogP contribution in [-0.4, -0.2) is 4.34 Å². The number of carbonyl (C=O) groups excluding carboxylic acids is 1. The second kappa shape index (κ2) is 5.30. The molecule has 0 heterocycles. The molecule has 0 aromatic rings. The molecule has 2 heteroatoms. The summed E-state index contributed by atoms with van der Waals surface area (Å²) in [6.07, 6.45) is 8.71. The number of allylic oxidation sites excluding steroid dienone is 5. The average molecular weight is 352 g/mol. The van der Waals surface area contributed by atoms with Gasteiger partial charge < -0.3 is 0 Å². The molecule has 1 rings (SSSR count). The maximum atomic E-state index is 11.4. The standard InChI is InChI=1S/C7H9.C4H5O.Os/c1-2-7-5-3-4-6-7;1-2-3-4-5;/h3,5H,2,4H2,1H3;2H,1,3H2;. The fourth-order valence-electron chi connectivity index (χ4n) is 1.18. The van der Waals surface area contributed by atoms with Crippen molar-refractivity contribution in [1.29, 1.82) is 0 Å². The van der Waals surface area contributed by atoms with Crippen LogP contribution >= 0.6 is 0 Å². The van der Waals surface area contributed by atoms with E-state index in [4.69, 9.17) is 0 Å². The Labute approximate surface area is 87.4 Å². The Balaban J connectivity index is 2.54. The molecule has 0 spiro atoms. The molecule has 0 aromatic carbocycles. The van der Waals surface area contributed by atoms with Crippen molar-refractivity contribution in [3.05, 3.63) is 34.5 Å². The van der Waals surface area contributed by atoms with Gasteiger partial charge in [-0.15, -0.1) is 0 Å². The summed E-state index contributed by atoms with van der Waals surface area (Å²) in [4.78, 5) is 11.4. The zero-order valence-electron chi connectivity index (χ0n) is 7.82. The summed E-state index contributed by atoms with van der Waals surface area (Å²) >= 11 is -0.650. The molecule has 1 aliphatic carbocycles. The number of hydrogen-bond donors (Lipinski definition) is 0. The van der Waals surface area contributed by atoms with Gasteiger partial charge in [-0.05, 0) is 0 Å². The minimum absolute atomic E-state index is 0.416. The molecule has 1 aliphatic rings. The van der Waals surface area contributed by atoms with Crippen molar-refractivity contribution in [1.82, 2.24) is 0 Å². The molecule has 0 atom stereocenters. The molecule has 0 bridgehead atoms. The third kappa shape index (κ3) is 3.05. The van der Waals surface area contributed by atoms with Crippen molar-refractivity contribution in [2.75, 3.05) is 0 Å². The van der Waals surface area contributed by atoms with E-state index >= 15 is 0 Å². The Morgan fingerprint density at radius 1 is 1.77 bits per heavy atom. The Bertz CT molecular complexity index is 274. The van der Waals surface area contributed by atoms with E-state index in [2.05, 4.69) is 25.7 Å². The van der Waals surface area contributed by atoms with Gasteiger partial charge in [0, 0.05) is 0 Å². The summed E-state index contributed by atoms with van der Waals surface area (Å²) in [5, 5.41) is 0. The molecular weight excluding hydrogens is 338 g/mol. The van der Waals surface area contributed by atoms with Crippen LogP contribution in [0.1, 0.15) is 26.2 Å². The van der Waals surface area contributed by atoms with Crippen LogP contribution < -0.4 is 0 Å². The van der Waals surface area contributed by atoms with Gasteiger partial charge in [0.25, 0.3) is 0 Å². The molecule has 0 saturated heterocycles. The van der Waals surface area contributed by atoms with E-state index in [0.29, 0.717) is 10.8 Å². The van der Waals surface area contributed by atoms with Crippen molar-refractivity contribution in [3.8, 4) is 0 Å². The van der Waals surface area contributed by atoms with Crippen molar-refractivity contribution < 1.29 is 22.2 Å². The van der Waals surface area contributed by atoms with Gasteiger partial charge in [0.2, 0.25) is 0 Å². The molecule has 72 valence electrons. The number of hydrogen-bond acceptors (Lipinski definition) is 1. The van der Waals surface area contributed by atoms with E-state index in [1.165, 1.54) is 9.70 Å². The first-order chi connectivity index (χ1) is 6.27. The van der Waals surface area contributed by atoms with E-state index in [0.717, 1.165) is 12.8 Å². The summed E-state index contributed by atoms with van der Waals surface area (Å²) in [6.45, 7) is 5.73. The summed E-state index contributed by atoms with van der Waals surface area (Å²) < 4.78 is 1.86. The zero-order chi connectivity index (χ0) is 9.68. The first-order valence-electron chi connectivity index (χ1n) is 4.42. The van der Waals surface area contributed by atoms with Crippen LogP contribution in [0.25, 0.3) is 0 Å². The molecule has 0 N–H and O–H groups in total. The first-order valence-corrected chi connectivity index (χ1v) is 6.96. The van der Waals surface area contributed by atoms with E-state index in [1.807, 2.05) is 0 Å². The van der Waals surface area contributed by atoms with Crippen LogP contribution in [0, 0.1) is 0 Å². The molecule has 0 amide bonds. The van der Waals surface area contributed by atoms with Crippen LogP contribution in [0.2, 0.25) is 0 Å². The predicted octanol–water partition coefficient (Wildman–Crippen LogP) is 2.80. The van der Waals surface area contributed by atoms with E-state index in [-0.39, 0.29) is 0 Å². The van der Waals surface area contributed by atoms with Gasteiger partial charge in [-0.1, -0.05) is 0 Å². The third-order valence-electron chi connectivity index (χ3n) is 1.84. The van der Waals surface area contributed by atoms with E-state index < -0.39 is 17.4 Å². The SMILES string of the molecule is C=CC[C](=O)[Os][C]1=C(CC)C=CC1. The predicted molar refractivity (Wildman–Crippen MR) is 50.9 cm³/mol. The minimum atomic E-state index is -0.650. The van der Waals surface area contributed by atoms with Gasteiger partial charge in [-0.3, -0.25) is 0 Å². The molecule has 0 saturated carbocycles. The quantitative estimate of drug-likeness (QED) is 0.696. The van der Waals surface area contributed by atoms with Crippen molar-refractivity contribution >= 4 is 4.34 Å². The second-order valence-electron chi connectivity index (χ2n) is 2.80. The Morgan fingerprint density at radius 3 is 3.15 bits per heavy atom. The molecular formula is C11H14OOs. The van der Waals surface area contributed by atoms with Gasteiger partial charge in [-0.25, -0.2) is 0 Å². The van der Waals surface area contributed by atoms with Crippen LogP contribution in [0.15, 0.2) is 34.5 Å². The molecule has 13 heavy (non-hydrogen) atoms. The normalized spacial score (nSPS) is 15.5. The van der Waals surface area contributed by atoms with Gasteiger partial charge in [0.1, 0.15) is 0 Å². The zero-order valence-corrected chi connectivity index (χ0v) is 10.4. The van der Waals surface area contributed by atoms with Crippen molar-refractivity contribution in [3.63, 3.8) is 0 Å². The fourth-order valence-corrected chi connectivity index (χ4v) is 4.29. The van der Waals surface area contributed by atoms with Crippen LogP contribution in [0.3, 0.4) is 0 Å². The molecule has 0 aliphatic heterocycles. The Hall–Kier alpha value is -0.474. The molecule has 0 aromatic heterocycles. The van der Waals surface area contributed by atoms with Gasteiger partial charge in [-0.2, -0.15) is 0 Å². The molecule has 0 radical (unpaired) electrons. The first kappa shape index (κ1) is 10.6. The summed E-state index contributed by atoms with van der Waals surface area (Å²) in [7, 11) is 0. The van der Waals surface area contributed by atoms with Crippen LogP contribution in [0.5, 0.6) is 0 Å². The fraction of sp³-hybridized carbons (Fsp3) is 0.364. The summed E-state index contributed by atoms with van der Waals surface area (Å²) in [6, 6.07) is 0. The third-order valence-corrected chi connectivity index (χ3v) is 5.17. The maximum absolute atomic E-state index is 11.4. The van der Waals surface area contributed by atoms with Gasteiger partial charge in [0.15, 0.2) is 0 Å². The topological polar surface area (TPSA) is 17.1 Å². The van der Waals surface area contributed by atoms with Crippen molar-refractivity contribution in [2.45, 2.75) is 26.2 Å². The number of rotatable bonds is 5. The van der Waals surface area contributed by atoms with Gasteiger partial charge >= 0.3 is 87.2 Å². The molecule has 0 unspecified atom stereocenters. The van der Waals surface area contributed by atoms with Crippen LogP contribution in [0.4, 0.5) is 0 Å². The van der Waals surface area contributed by atoms with Gasteiger partial charge in [0.05, 0.1) is 0 Å². The second-order valence-corrected chi connectivity index (χ2v) is 6.38. The van der Waals surface area contributed by atoms with E-state index in [1.54, 1.807) is 6.08 Å². The monoisotopic (exact) mass is 354 g/mol. The number of carbonyl (C=O) groups is 1. The Morgan fingerprint density at radius 2 is 2.54 bits per heavy atom. The molecule has 0 fully saturated rings.